The summed E-state index contributed by atoms with van der Waals surface area (Å²) in [6.07, 6.45) is 1.35. The molecule has 1 aromatic carbocycles. The van der Waals surface area contributed by atoms with Gasteiger partial charge in [0.1, 0.15) is 12.1 Å². The highest BCUT2D eigenvalue weighted by Crippen LogP contribution is 2.35. The third-order valence-corrected chi connectivity index (χ3v) is 3.49. The van der Waals surface area contributed by atoms with E-state index in [1.165, 1.54) is 19.5 Å². The summed E-state index contributed by atoms with van der Waals surface area (Å²) in [5, 5.41) is 0.227. The predicted molar refractivity (Wildman–Crippen MR) is 76.8 cm³/mol. The van der Waals surface area contributed by atoms with E-state index >= 15 is 0 Å². The van der Waals surface area contributed by atoms with Crippen LogP contribution in [0, 0.1) is 5.82 Å². The Kier molecular flexibility index (Phi) is 4.39. The average molecular weight is 296 g/mol. The van der Waals surface area contributed by atoms with Gasteiger partial charge in [0.15, 0.2) is 16.7 Å². The van der Waals surface area contributed by atoms with E-state index in [0.717, 1.165) is 0 Å². The molecule has 0 radical (unpaired) electrons. The number of anilines is 1. The van der Waals surface area contributed by atoms with Crippen LogP contribution < -0.4 is 9.64 Å². The van der Waals surface area contributed by atoms with Gasteiger partial charge in [0.05, 0.1) is 13.2 Å². The molecule has 1 aromatic heterocycles. The van der Waals surface area contributed by atoms with E-state index in [-0.39, 0.29) is 17.0 Å². The molecular weight excluding hydrogens is 281 g/mol. The number of hydrogen-bond donors (Lipinski definition) is 0. The van der Waals surface area contributed by atoms with Gasteiger partial charge in [-0.05, 0) is 13.0 Å². The van der Waals surface area contributed by atoms with Crippen LogP contribution in [0.15, 0.2) is 30.6 Å². The maximum atomic E-state index is 13.9. The lowest BCUT2D eigenvalue weighted by atomic mass is 10.1. The Morgan fingerprint density at radius 3 is 2.65 bits per heavy atom. The number of aromatic nitrogens is 2. The summed E-state index contributed by atoms with van der Waals surface area (Å²) in [4.78, 5) is 9.84. The first kappa shape index (κ1) is 14.5. The molecule has 4 nitrogen and oxygen atoms in total. The maximum absolute atomic E-state index is 13.9. The molecule has 0 bridgehead atoms. The van der Waals surface area contributed by atoms with Gasteiger partial charge in [-0.15, -0.1) is 0 Å². The quantitative estimate of drug-likeness (QED) is 0.810. The Bertz CT molecular complexity index is 609. The van der Waals surface area contributed by atoms with Crippen molar-refractivity contribution in [1.29, 1.82) is 0 Å². The van der Waals surface area contributed by atoms with Crippen LogP contribution in [0.2, 0.25) is 5.15 Å². The fraction of sp³-hybridized carbons (Fsp3) is 0.286. The second-order valence-corrected chi connectivity index (χ2v) is 4.69. The molecular formula is C14H15ClFN3O. The third kappa shape index (κ3) is 2.67. The second-order valence-electron chi connectivity index (χ2n) is 4.33. The van der Waals surface area contributed by atoms with E-state index in [1.54, 1.807) is 30.1 Å². The minimum Gasteiger partial charge on any atom is -0.490 e. The molecule has 2 rings (SSSR count). The first-order valence-corrected chi connectivity index (χ1v) is 6.45. The summed E-state index contributed by atoms with van der Waals surface area (Å²) < 4.78 is 19.1. The zero-order chi connectivity index (χ0) is 14.7. The number of rotatable bonds is 4. The van der Waals surface area contributed by atoms with Crippen molar-refractivity contribution in [2.75, 3.05) is 19.1 Å². The Labute approximate surface area is 122 Å². The van der Waals surface area contributed by atoms with Crippen molar-refractivity contribution in [3.05, 3.63) is 47.1 Å². The van der Waals surface area contributed by atoms with E-state index < -0.39 is 0 Å². The van der Waals surface area contributed by atoms with E-state index in [9.17, 15) is 4.39 Å². The molecule has 0 amide bonds. The second kappa shape index (κ2) is 6.05. The summed E-state index contributed by atoms with van der Waals surface area (Å²) in [6, 6.07) is 6.41. The highest BCUT2D eigenvalue weighted by atomic mass is 35.5. The van der Waals surface area contributed by atoms with Crippen molar-refractivity contribution in [3.63, 3.8) is 0 Å². The molecule has 1 heterocycles. The van der Waals surface area contributed by atoms with E-state index in [1.807, 2.05) is 6.92 Å². The lowest BCUT2D eigenvalue weighted by molar-refractivity contribution is 0.409. The van der Waals surface area contributed by atoms with Gasteiger partial charge in [0.25, 0.3) is 0 Å². The van der Waals surface area contributed by atoms with Crippen molar-refractivity contribution in [1.82, 2.24) is 9.97 Å². The SMILES string of the molecule is COc1c(Cl)ncnc1N(C)C(C)c1ccccc1F. The van der Waals surface area contributed by atoms with Gasteiger partial charge in [0.2, 0.25) is 0 Å². The fourth-order valence-corrected chi connectivity index (χ4v) is 2.18. The van der Waals surface area contributed by atoms with Gasteiger partial charge >= 0.3 is 0 Å². The van der Waals surface area contributed by atoms with E-state index in [4.69, 9.17) is 16.3 Å². The van der Waals surface area contributed by atoms with Gasteiger partial charge in [0, 0.05) is 12.6 Å². The number of hydrogen-bond acceptors (Lipinski definition) is 4. The smallest absolute Gasteiger partial charge is 0.199 e. The fourth-order valence-electron chi connectivity index (χ4n) is 1.98. The molecule has 20 heavy (non-hydrogen) atoms. The molecule has 0 spiro atoms. The minimum absolute atomic E-state index is 0.226. The Morgan fingerprint density at radius 2 is 2.00 bits per heavy atom. The van der Waals surface area contributed by atoms with Crippen molar-refractivity contribution in [2.24, 2.45) is 0 Å². The minimum atomic E-state index is -0.258. The third-order valence-electron chi connectivity index (χ3n) is 3.22. The zero-order valence-electron chi connectivity index (χ0n) is 11.5. The van der Waals surface area contributed by atoms with Crippen LogP contribution in [0.5, 0.6) is 5.75 Å². The van der Waals surface area contributed by atoms with Crippen LogP contribution in [0.25, 0.3) is 0 Å². The lowest BCUT2D eigenvalue weighted by Gasteiger charge is -2.27. The molecule has 0 saturated carbocycles. The molecule has 106 valence electrons. The average Bonchev–Trinajstić information content (AvgIpc) is 2.46. The molecule has 0 aliphatic carbocycles. The molecule has 0 N–H and O–H groups in total. The highest BCUT2D eigenvalue weighted by molar-refractivity contribution is 6.31. The van der Waals surface area contributed by atoms with Crippen LogP contribution in [-0.4, -0.2) is 24.1 Å². The van der Waals surface area contributed by atoms with Crippen LogP contribution >= 0.6 is 11.6 Å². The predicted octanol–water partition coefficient (Wildman–Crippen LogP) is 3.48. The molecule has 0 aliphatic rings. The van der Waals surface area contributed by atoms with Crippen molar-refractivity contribution < 1.29 is 9.13 Å². The number of benzene rings is 1. The number of halogens is 2. The summed E-state index contributed by atoms with van der Waals surface area (Å²) in [5.41, 5.74) is 0.576. The topological polar surface area (TPSA) is 38.3 Å². The van der Waals surface area contributed by atoms with Gasteiger partial charge in [-0.3, -0.25) is 0 Å². The first-order valence-electron chi connectivity index (χ1n) is 6.08. The molecule has 2 aromatic rings. The highest BCUT2D eigenvalue weighted by Gasteiger charge is 2.21. The Hall–Kier alpha value is -1.88. The zero-order valence-corrected chi connectivity index (χ0v) is 12.2. The Balaban J connectivity index is 2.39. The van der Waals surface area contributed by atoms with E-state index in [0.29, 0.717) is 17.1 Å². The number of nitrogens with zero attached hydrogens (tertiary/aromatic N) is 3. The van der Waals surface area contributed by atoms with E-state index in [2.05, 4.69) is 9.97 Å². The molecule has 0 aliphatic heterocycles. The largest absolute Gasteiger partial charge is 0.490 e. The molecule has 1 unspecified atom stereocenters. The maximum Gasteiger partial charge on any atom is 0.199 e. The first-order chi connectivity index (χ1) is 9.56. The van der Waals surface area contributed by atoms with Crippen LogP contribution in [0.3, 0.4) is 0 Å². The molecule has 6 heteroatoms. The van der Waals surface area contributed by atoms with Gasteiger partial charge in [-0.2, -0.15) is 0 Å². The van der Waals surface area contributed by atoms with Crippen molar-refractivity contribution in [2.45, 2.75) is 13.0 Å². The van der Waals surface area contributed by atoms with Crippen LogP contribution in [-0.2, 0) is 0 Å². The van der Waals surface area contributed by atoms with Crippen molar-refractivity contribution >= 4 is 17.4 Å². The normalized spacial score (nSPS) is 12.1. The number of ether oxygens (including phenoxy) is 1. The summed E-state index contributed by atoms with van der Waals surface area (Å²) >= 11 is 5.98. The monoisotopic (exact) mass is 295 g/mol. The summed E-state index contributed by atoms with van der Waals surface area (Å²) in [7, 11) is 3.30. The van der Waals surface area contributed by atoms with Crippen LogP contribution in [0.1, 0.15) is 18.5 Å². The lowest BCUT2D eigenvalue weighted by Crippen LogP contribution is -2.24. The van der Waals surface area contributed by atoms with Gasteiger partial charge < -0.3 is 9.64 Å². The molecule has 1 atom stereocenters. The van der Waals surface area contributed by atoms with Gasteiger partial charge in [-0.25, -0.2) is 14.4 Å². The standard InChI is InChI=1S/C14H15ClFN3O/c1-9(10-6-4-5-7-11(10)16)19(2)14-12(20-3)13(15)17-8-18-14/h4-9H,1-3H3. The Morgan fingerprint density at radius 1 is 1.30 bits per heavy atom. The van der Waals surface area contributed by atoms with Crippen molar-refractivity contribution in [3.8, 4) is 5.75 Å². The molecule has 0 saturated heterocycles. The summed E-state index contributed by atoms with van der Waals surface area (Å²) in [6.45, 7) is 1.88. The molecule has 0 fully saturated rings. The number of methoxy groups -OCH3 is 1. The summed E-state index contributed by atoms with van der Waals surface area (Å²) in [5.74, 6) is 0.633. The van der Waals surface area contributed by atoms with Crippen LogP contribution in [0.4, 0.5) is 10.2 Å². The van der Waals surface area contributed by atoms with Gasteiger partial charge in [-0.1, -0.05) is 29.8 Å².